The maximum absolute atomic E-state index is 9.94. The molecule has 0 heterocycles. The van der Waals surface area contributed by atoms with Gasteiger partial charge in [0, 0.05) is 0 Å². The molecule has 1 nitrogen and oxygen atoms in total. The number of rotatable bonds is 1. The van der Waals surface area contributed by atoms with Gasteiger partial charge in [-0.1, -0.05) is 34.8 Å². The van der Waals surface area contributed by atoms with E-state index in [2.05, 4.69) is 0 Å². The zero-order valence-corrected chi connectivity index (χ0v) is 6.96. The van der Waals surface area contributed by atoms with Gasteiger partial charge in [-0.3, -0.25) is 4.79 Å². The van der Waals surface area contributed by atoms with Crippen molar-refractivity contribution in [2.45, 2.75) is 10.7 Å². The summed E-state index contributed by atoms with van der Waals surface area (Å²) in [5.74, 6) is 0. The summed E-state index contributed by atoms with van der Waals surface area (Å²) < 4.78 is -1.45. The van der Waals surface area contributed by atoms with Crippen molar-refractivity contribution in [3.05, 3.63) is 11.6 Å². The van der Waals surface area contributed by atoms with Crippen LogP contribution in [0.15, 0.2) is 11.6 Å². The molecule has 0 fully saturated rings. The molecule has 4 heteroatoms. The van der Waals surface area contributed by atoms with Crippen LogP contribution in [0.4, 0.5) is 0 Å². The molecule has 0 amide bonds. The molecule has 0 bridgehead atoms. The lowest BCUT2D eigenvalue weighted by molar-refractivity contribution is -0.104. The monoisotopic (exact) mass is 186 g/mol. The second-order valence-electron chi connectivity index (χ2n) is 1.55. The van der Waals surface area contributed by atoms with Gasteiger partial charge < -0.3 is 0 Å². The molecule has 0 rings (SSSR count). The predicted molar refractivity (Wildman–Crippen MR) is 40.1 cm³/mol. The van der Waals surface area contributed by atoms with Crippen LogP contribution in [0.1, 0.15) is 6.92 Å². The maximum Gasteiger partial charge on any atom is 0.209 e. The highest BCUT2D eigenvalue weighted by Gasteiger charge is 2.14. The first-order valence-electron chi connectivity index (χ1n) is 2.17. The Bertz CT molecular complexity index is 134. The summed E-state index contributed by atoms with van der Waals surface area (Å²) in [6.45, 7) is 1.56. The summed E-state index contributed by atoms with van der Waals surface area (Å²) in [6, 6.07) is 0. The van der Waals surface area contributed by atoms with Gasteiger partial charge in [-0.25, -0.2) is 0 Å². The lowest BCUT2D eigenvalue weighted by Gasteiger charge is -2.02. The number of carbonyl (C=O) groups excluding carboxylic acids is 1. The summed E-state index contributed by atoms with van der Waals surface area (Å²) in [7, 11) is 0. The van der Waals surface area contributed by atoms with Crippen molar-refractivity contribution < 1.29 is 4.79 Å². The molecule has 0 saturated heterocycles. The molecule has 0 aliphatic carbocycles. The van der Waals surface area contributed by atoms with Gasteiger partial charge in [0.1, 0.15) is 6.29 Å². The van der Waals surface area contributed by atoms with E-state index in [-0.39, 0.29) is 0 Å². The van der Waals surface area contributed by atoms with E-state index in [4.69, 9.17) is 34.8 Å². The van der Waals surface area contributed by atoms with Crippen molar-refractivity contribution in [1.82, 2.24) is 0 Å². The minimum Gasteiger partial charge on any atom is -0.298 e. The number of halogens is 3. The van der Waals surface area contributed by atoms with Crippen LogP contribution in [-0.2, 0) is 4.79 Å². The van der Waals surface area contributed by atoms with Gasteiger partial charge in [0.25, 0.3) is 0 Å². The quantitative estimate of drug-likeness (QED) is 0.350. The molecule has 9 heavy (non-hydrogen) atoms. The van der Waals surface area contributed by atoms with Crippen LogP contribution in [0, 0.1) is 0 Å². The fourth-order valence-electron chi connectivity index (χ4n) is 0.292. The number of allylic oxidation sites excluding steroid dienone is 2. The predicted octanol–water partition coefficient (Wildman–Crippen LogP) is 2.50. The molecule has 0 spiro atoms. The number of hydrogen-bond donors (Lipinski definition) is 0. The van der Waals surface area contributed by atoms with Gasteiger partial charge >= 0.3 is 0 Å². The van der Waals surface area contributed by atoms with Crippen LogP contribution in [0.2, 0.25) is 0 Å². The maximum atomic E-state index is 9.94. The van der Waals surface area contributed by atoms with Crippen LogP contribution >= 0.6 is 34.8 Å². The van der Waals surface area contributed by atoms with Gasteiger partial charge in [-0.15, -0.1) is 0 Å². The Labute approximate surface area is 68.6 Å². The summed E-state index contributed by atoms with van der Waals surface area (Å²) in [5.41, 5.74) is 0.412. The standard InChI is InChI=1S/C5H5Cl3O/c1-4(3-9)2-5(6,7)8/h2-3H,1H3. The van der Waals surface area contributed by atoms with Gasteiger partial charge in [-0.2, -0.15) is 0 Å². The van der Waals surface area contributed by atoms with Crippen LogP contribution in [-0.4, -0.2) is 10.1 Å². The average Bonchev–Trinajstić information content (AvgIpc) is 1.62. The summed E-state index contributed by atoms with van der Waals surface area (Å²) in [5, 5.41) is 0. The molecule has 0 aromatic heterocycles. The van der Waals surface area contributed by atoms with E-state index in [9.17, 15) is 4.79 Å². The third-order valence-electron chi connectivity index (χ3n) is 0.577. The fraction of sp³-hybridized carbons (Fsp3) is 0.400. The Morgan fingerprint density at radius 2 is 1.89 bits per heavy atom. The van der Waals surface area contributed by atoms with Crippen molar-refractivity contribution >= 4 is 41.1 Å². The van der Waals surface area contributed by atoms with E-state index in [1.807, 2.05) is 0 Å². The molecular formula is C5H5Cl3O. The minimum absolute atomic E-state index is 0.412. The van der Waals surface area contributed by atoms with E-state index >= 15 is 0 Å². The highest BCUT2D eigenvalue weighted by atomic mass is 35.6. The highest BCUT2D eigenvalue weighted by molar-refractivity contribution is 6.69. The van der Waals surface area contributed by atoms with Gasteiger partial charge in [0.15, 0.2) is 0 Å². The second-order valence-corrected chi connectivity index (χ2v) is 3.92. The number of carbonyl (C=O) groups is 1. The van der Waals surface area contributed by atoms with E-state index in [1.165, 1.54) is 6.08 Å². The number of alkyl halides is 3. The SMILES string of the molecule is CC(C=O)=CC(Cl)(Cl)Cl. The summed E-state index contributed by atoms with van der Waals surface area (Å²) >= 11 is 15.9. The number of hydrogen-bond acceptors (Lipinski definition) is 1. The van der Waals surface area contributed by atoms with Gasteiger partial charge in [0.05, 0.1) is 0 Å². The second kappa shape index (κ2) is 3.45. The van der Waals surface area contributed by atoms with Gasteiger partial charge in [-0.05, 0) is 18.6 Å². The first kappa shape index (κ1) is 9.28. The lowest BCUT2D eigenvalue weighted by Crippen LogP contribution is -1.96. The smallest absolute Gasteiger partial charge is 0.209 e. The molecule has 0 N–H and O–H groups in total. The zero-order valence-electron chi connectivity index (χ0n) is 4.70. The van der Waals surface area contributed by atoms with Crippen LogP contribution in [0.3, 0.4) is 0 Å². The van der Waals surface area contributed by atoms with Crippen LogP contribution in [0.25, 0.3) is 0 Å². The topological polar surface area (TPSA) is 17.1 Å². The van der Waals surface area contributed by atoms with Crippen molar-refractivity contribution in [2.75, 3.05) is 0 Å². The molecule has 0 aliphatic heterocycles. The Morgan fingerprint density at radius 3 is 2.00 bits per heavy atom. The fourth-order valence-corrected chi connectivity index (χ4v) is 0.808. The molecular weight excluding hydrogens is 182 g/mol. The molecule has 0 aliphatic rings. The Balaban J connectivity index is 4.11. The van der Waals surface area contributed by atoms with Crippen LogP contribution < -0.4 is 0 Å². The molecule has 0 unspecified atom stereocenters. The minimum atomic E-state index is -1.45. The molecule has 0 radical (unpaired) electrons. The van der Waals surface area contributed by atoms with Crippen LogP contribution in [0.5, 0.6) is 0 Å². The van der Waals surface area contributed by atoms with Crippen molar-refractivity contribution in [3.63, 3.8) is 0 Å². The Kier molecular flexibility index (Phi) is 3.56. The summed E-state index contributed by atoms with van der Waals surface area (Å²) in [6.07, 6.45) is 1.88. The van der Waals surface area contributed by atoms with E-state index in [0.717, 1.165) is 0 Å². The zero-order chi connectivity index (χ0) is 7.49. The normalized spacial score (nSPS) is 13.6. The third-order valence-corrected chi connectivity index (χ3v) is 0.905. The van der Waals surface area contributed by atoms with E-state index in [0.29, 0.717) is 11.9 Å². The average molecular weight is 187 g/mol. The van der Waals surface area contributed by atoms with E-state index < -0.39 is 3.79 Å². The first-order chi connectivity index (χ1) is 3.95. The highest BCUT2D eigenvalue weighted by Crippen LogP contribution is 2.28. The van der Waals surface area contributed by atoms with Crippen molar-refractivity contribution in [3.8, 4) is 0 Å². The lowest BCUT2D eigenvalue weighted by atomic mass is 10.3. The van der Waals surface area contributed by atoms with Crippen molar-refractivity contribution in [1.29, 1.82) is 0 Å². The van der Waals surface area contributed by atoms with Crippen molar-refractivity contribution in [2.24, 2.45) is 0 Å². The molecule has 52 valence electrons. The number of aldehydes is 1. The molecule has 0 aromatic carbocycles. The Hall–Kier alpha value is 0.280. The Morgan fingerprint density at radius 1 is 1.44 bits per heavy atom. The largest absolute Gasteiger partial charge is 0.298 e. The summed E-state index contributed by atoms with van der Waals surface area (Å²) in [4.78, 5) is 9.94. The third kappa shape index (κ3) is 6.16. The first-order valence-corrected chi connectivity index (χ1v) is 3.30. The van der Waals surface area contributed by atoms with E-state index in [1.54, 1.807) is 6.92 Å². The molecule has 0 atom stereocenters. The van der Waals surface area contributed by atoms with Gasteiger partial charge in [0.2, 0.25) is 3.79 Å². The molecule has 0 aromatic rings. The molecule has 0 saturated carbocycles.